The van der Waals surface area contributed by atoms with E-state index in [9.17, 15) is 17.9 Å². The van der Waals surface area contributed by atoms with Crippen molar-refractivity contribution in [3.63, 3.8) is 0 Å². The summed E-state index contributed by atoms with van der Waals surface area (Å²) < 4.78 is 35.7. The van der Waals surface area contributed by atoms with E-state index in [-0.39, 0.29) is 10.6 Å². The van der Waals surface area contributed by atoms with Gasteiger partial charge >= 0.3 is 0 Å². The molecule has 0 unspecified atom stereocenters. The van der Waals surface area contributed by atoms with Crippen molar-refractivity contribution < 1.29 is 17.9 Å². The molecule has 0 fully saturated rings. The Morgan fingerprint density at radius 1 is 1.15 bits per heavy atom. The summed E-state index contributed by atoms with van der Waals surface area (Å²) in [5.41, 5.74) is 1.30. The van der Waals surface area contributed by atoms with Crippen molar-refractivity contribution in [2.75, 3.05) is 11.6 Å². The monoisotopic (exact) mass is 295 g/mol. The Balaban J connectivity index is 2.07. The highest BCUT2D eigenvalue weighted by Crippen LogP contribution is 2.17. The molecule has 0 amide bonds. The molecule has 0 atom stereocenters. The highest BCUT2D eigenvalue weighted by molar-refractivity contribution is 7.90. The van der Waals surface area contributed by atoms with Crippen LogP contribution in [-0.2, 0) is 16.4 Å². The van der Waals surface area contributed by atoms with Crippen LogP contribution in [0.2, 0.25) is 0 Å². The molecule has 2 aromatic carbocycles. The predicted molar refractivity (Wildman–Crippen MR) is 74.9 cm³/mol. The summed E-state index contributed by atoms with van der Waals surface area (Å²) in [7, 11) is -3.21. The minimum atomic E-state index is -3.21. The molecule has 0 bridgehead atoms. The molecule has 0 aliphatic rings. The van der Waals surface area contributed by atoms with Crippen LogP contribution in [0.1, 0.15) is 5.56 Å². The molecular formula is C14H14FNO3S. The molecule has 0 aromatic heterocycles. The SMILES string of the molecule is CS(=O)(=O)c1ccc(NCc2cc(O)cc(F)c2)cc1. The maximum absolute atomic E-state index is 13.1. The fourth-order valence-corrected chi connectivity index (χ4v) is 2.39. The summed E-state index contributed by atoms with van der Waals surface area (Å²) in [6, 6.07) is 10.1. The van der Waals surface area contributed by atoms with Gasteiger partial charge in [-0.2, -0.15) is 0 Å². The number of halogens is 1. The number of anilines is 1. The van der Waals surface area contributed by atoms with Crippen LogP contribution in [0.5, 0.6) is 5.75 Å². The number of rotatable bonds is 4. The zero-order chi connectivity index (χ0) is 14.8. The lowest BCUT2D eigenvalue weighted by molar-refractivity contribution is 0.468. The number of sulfone groups is 1. The van der Waals surface area contributed by atoms with Gasteiger partial charge in [0.25, 0.3) is 0 Å². The third-order valence-electron chi connectivity index (χ3n) is 2.72. The standard InChI is InChI=1S/C14H14FNO3S/c1-20(18,19)14-4-2-12(3-5-14)16-9-10-6-11(15)8-13(17)7-10/h2-8,16-17H,9H2,1H3. The molecule has 0 radical (unpaired) electrons. The molecule has 2 aromatic rings. The number of nitrogens with one attached hydrogen (secondary N) is 1. The first-order valence-electron chi connectivity index (χ1n) is 5.87. The van der Waals surface area contributed by atoms with Crippen LogP contribution in [0.3, 0.4) is 0 Å². The summed E-state index contributed by atoms with van der Waals surface area (Å²) in [6.07, 6.45) is 1.14. The van der Waals surface area contributed by atoms with Crippen molar-refractivity contribution in [2.24, 2.45) is 0 Å². The third-order valence-corrected chi connectivity index (χ3v) is 3.85. The number of phenols is 1. The number of hydrogen-bond donors (Lipinski definition) is 2. The van der Waals surface area contributed by atoms with Gasteiger partial charge in [0.15, 0.2) is 9.84 Å². The smallest absolute Gasteiger partial charge is 0.175 e. The molecule has 0 saturated carbocycles. The molecule has 20 heavy (non-hydrogen) atoms. The Hall–Kier alpha value is -2.08. The Morgan fingerprint density at radius 3 is 2.35 bits per heavy atom. The van der Waals surface area contributed by atoms with E-state index in [0.29, 0.717) is 17.8 Å². The van der Waals surface area contributed by atoms with E-state index in [1.165, 1.54) is 24.3 Å². The van der Waals surface area contributed by atoms with E-state index in [4.69, 9.17) is 0 Å². The van der Waals surface area contributed by atoms with Gasteiger partial charge < -0.3 is 10.4 Å². The van der Waals surface area contributed by atoms with Gasteiger partial charge in [-0.05, 0) is 42.0 Å². The highest BCUT2D eigenvalue weighted by Gasteiger charge is 2.06. The maximum atomic E-state index is 13.1. The van der Waals surface area contributed by atoms with E-state index in [0.717, 1.165) is 12.3 Å². The van der Waals surface area contributed by atoms with Crippen molar-refractivity contribution in [1.29, 1.82) is 0 Å². The van der Waals surface area contributed by atoms with Crippen molar-refractivity contribution in [2.45, 2.75) is 11.4 Å². The van der Waals surface area contributed by atoms with E-state index in [1.807, 2.05) is 0 Å². The number of phenolic OH excluding ortho intramolecular Hbond substituents is 1. The second kappa shape index (κ2) is 5.50. The minimum absolute atomic E-state index is 0.130. The fourth-order valence-electron chi connectivity index (χ4n) is 1.76. The Kier molecular flexibility index (Phi) is 3.94. The Bertz CT molecular complexity index is 691. The van der Waals surface area contributed by atoms with Crippen molar-refractivity contribution in [3.8, 4) is 5.75 Å². The normalized spacial score (nSPS) is 11.3. The predicted octanol–water partition coefficient (Wildman–Crippen LogP) is 2.55. The first kappa shape index (κ1) is 14.3. The largest absolute Gasteiger partial charge is 0.508 e. The summed E-state index contributed by atoms with van der Waals surface area (Å²) in [5, 5.41) is 12.3. The number of aromatic hydroxyl groups is 1. The van der Waals surface area contributed by atoms with Crippen molar-refractivity contribution >= 4 is 15.5 Å². The first-order valence-corrected chi connectivity index (χ1v) is 7.76. The van der Waals surface area contributed by atoms with Gasteiger partial charge in [-0.15, -0.1) is 0 Å². The Labute approximate surface area is 116 Å². The molecule has 6 heteroatoms. The van der Waals surface area contributed by atoms with Crippen LogP contribution in [-0.4, -0.2) is 19.8 Å². The van der Waals surface area contributed by atoms with Crippen LogP contribution in [0.4, 0.5) is 10.1 Å². The lowest BCUT2D eigenvalue weighted by Crippen LogP contribution is -2.01. The van der Waals surface area contributed by atoms with E-state index in [2.05, 4.69) is 5.32 Å². The molecule has 0 aliphatic heterocycles. The second-order valence-electron chi connectivity index (χ2n) is 4.47. The number of benzene rings is 2. The van der Waals surface area contributed by atoms with Crippen molar-refractivity contribution in [1.82, 2.24) is 0 Å². The molecule has 2 N–H and O–H groups in total. The summed E-state index contributed by atoms with van der Waals surface area (Å²) in [6.45, 7) is 0.323. The molecule has 2 rings (SSSR count). The topological polar surface area (TPSA) is 66.4 Å². The van der Waals surface area contributed by atoms with Crippen LogP contribution in [0.15, 0.2) is 47.4 Å². The lowest BCUT2D eigenvalue weighted by atomic mass is 10.2. The average Bonchev–Trinajstić information content (AvgIpc) is 2.35. The molecule has 0 saturated heterocycles. The fraction of sp³-hybridized carbons (Fsp3) is 0.143. The van der Waals surface area contributed by atoms with Crippen LogP contribution >= 0.6 is 0 Å². The minimum Gasteiger partial charge on any atom is -0.508 e. The van der Waals surface area contributed by atoms with Gasteiger partial charge in [0, 0.05) is 24.6 Å². The summed E-state index contributed by atoms with van der Waals surface area (Å²) >= 11 is 0. The van der Waals surface area contributed by atoms with Gasteiger partial charge in [0.05, 0.1) is 4.90 Å². The quantitative estimate of drug-likeness (QED) is 0.909. The van der Waals surface area contributed by atoms with Gasteiger partial charge in [0.2, 0.25) is 0 Å². The molecule has 0 aliphatic carbocycles. The molecule has 4 nitrogen and oxygen atoms in total. The van der Waals surface area contributed by atoms with E-state index < -0.39 is 15.7 Å². The van der Waals surface area contributed by atoms with Gasteiger partial charge in [-0.3, -0.25) is 0 Å². The third kappa shape index (κ3) is 3.71. The van der Waals surface area contributed by atoms with Gasteiger partial charge in [-0.1, -0.05) is 0 Å². The average molecular weight is 295 g/mol. The second-order valence-corrected chi connectivity index (χ2v) is 6.48. The van der Waals surface area contributed by atoms with Gasteiger partial charge in [0.1, 0.15) is 11.6 Å². The summed E-state index contributed by atoms with van der Waals surface area (Å²) in [5.74, 6) is -0.636. The van der Waals surface area contributed by atoms with Crippen molar-refractivity contribution in [3.05, 3.63) is 53.8 Å². The van der Waals surface area contributed by atoms with E-state index in [1.54, 1.807) is 12.1 Å². The summed E-state index contributed by atoms with van der Waals surface area (Å²) in [4.78, 5) is 0.242. The zero-order valence-electron chi connectivity index (χ0n) is 10.8. The lowest BCUT2D eigenvalue weighted by Gasteiger charge is -2.08. The van der Waals surface area contributed by atoms with Crippen LogP contribution in [0, 0.1) is 5.82 Å². The van der Waals surface area contributed by atoms with Gasteiger partial charge in [-0.25, -0.2) is 12.8 Å². The number of hydrogen-bond acceptors (Lipinski definition) is 4. The first-order chi connectivity index (χ1) is 9.34. The Morgan fingerprint density at radius 2 is 1.80 bits per heavy atom. The van der Waals surface area contributed by atoms with Crippen LogP contribution in [0.25, 0.3) is 0 Å². The highest BCUT2D eigenvalue weighted by atomic mass is 32.2. The molecule has 0 spiro atoms. The van der Waals surface area contributed by atoms with Crippen LogP contribution < -0.4 is 5.32 Å². The molecular weight excluding hydrogens is 281 g/mol. The maximum Gasteiger partial charge on any atom is 0.175 e. The molecule has 106 valence electrons. The van der Waals surface area contributed by atoms with E-state index >= 15 is 0 Å². The zero-order valence-corrected chi connectivity index (χ0v) is 11.6. The molecule has 0 heterocycles.